The number of nitrogens with one attached hydrogen (secondary N) is 1. The Labute approximate surface area is 132 Å². The highest BCUT2D eigenvalue weighted by molar-refractivity contribution is 7.22. The minimum absolute atomic E-state index is 0.310. The number of carbonyl (C=O) groups excluding carboxylic acids is 1. The number of amides is 1. The zero-order valence-electron chi connectivity index (χ0n) is 12.1. The molecule has 9 heteroatoms. The van der Waals surface area contributed by atoms with Gasteiger partial charge < -0.3 is 0 Å². The minimum atomic E-state index is -4.56. The van der Waals surface area contributed by atoms with Crippen LogP contribution in [-0.4, -0.2) is 20.7 Å². The maximum Gasteiger partial charge on any atom is 0.433 e. The summed E-state index contributed by atoms with van der Waals surface area (Å²) < 4.78 is 39.7. The molecule has 0 unspecified atom stereocenters. The molecule has 3 aromatic rings. The van der Waals surface area contributed by atoms with E-state index in [0.717, 1.165) is 17.3 Å². The molecule has 23 heavy (non-hydrogen) atoms. The summed E-state index contributed by atoms with van der Waals surface area (Å²) in [6.07, 6.45) is -4.56. The van der Waals surface area contributed by atoms with Gasteiger partial charge in [0.15, 0.2) is 10.8 Å². The quantitative estimate of drug-likeness (QED) is 0.775. The normalized spacial score (nSPS) is 11.9. The summed E-state index contributed by atoms with van der Waals surface area (Å²) in [5, 5.41) is 6.40. The largest absolute Gasteiger partial charge is 0.433 e. The van der Waals surface area contributed by atoms with Gasteiger partial charge in [-0.2, -0.15) is 18.3 Å². The average Bonchev–Trinajstić information content (AvgIpc) is 3.00. The van der Waals surface area contributed by atoms with Crippen LogP contribution in [0.1, 0.15) is 21.7 Å². The third-order valence-corrected chi connectivity index (χ3v) is 4.10. The Balaban J connectivity index is 1.86. The van der Waals surface area contributed by atoms with Crippen molar-refractivity contribution < 1.29 is 18.0 Å². The summed E-state index contributed by atoms with van der Waals surface area (Å²) in [5.41, 5.74) is 0.476. The van der Waals surface area contributed by atoms with Crippen molar-refractivity contribution in [1.82, 2.24) is 14.8 Å². The predicted octanol–water partition coefficient (Wildman–Crippen LogP) is 3.61. The van der Waals surface area contributed by atoms with Crippen LogP contribution in [0.3, 0.4) is 0 Å². The highest BCUT2D eigenvalue weighted by Gasteiger charge is 2.35. The number of alkyl halides is 3. The van der Waals surface area contributed by atoms with Crippen LogP contribution >= 0.6 is 11.3 Å². The van der Waals surface area contributed by atoms with Gasteiger partial charge in [0.2, 0.25) is 0 Å². The molecule has 0 atom stereocenters. The summed E-state index contributed by atoms with van der Waals surface area (Å²) in [6, 6.07) is 6.35. The lowest BCUT2D eigenvalue weighted by atomic mass is 10.2. The van der Waals surface area contributed by atoms with Crippen LogP contribution < -0.4 is 5.32 Å². The number of carbonyl (C=O) groups is 1. The Morgan fingerprint density at radius 2 is 2.04 bits per heavy atom. The molecule has 5 nitrogen and oxygen atoms in total. The van der Waals surface area contributed by atoms with E-state index in [-0.39, 0.29) is 5.69 Å². The first kappa shape index (κ1) is 15.5. The molecule has 0 spiro atoms. The molecule has 0 aliphatic heterocycles. The van der Waals surface area contributed by atoms with Gasteiger partial charge >= 0.3 is 6.18 Å². The maximum atomic E-state index is 12.7. The maximum absolute atomic E-state index is 12.7. The van der Waals surface area contributed by atoms with E-state index >= 15 is 0 Å². The van der Waals surface area contributed by atoms with Crippen molar-refractivity contribution in [1.29, 1.82) is 0 Å². The van der Waals surface area contributed by atoms with E-state index in [1.54, 1.807) is 0 Å². The molecule has 0 bridgehead atoms. The molecule has 0 aliphatic carbocycles. The molecule has 2 heterocycles. The number of fused-ring (bicyclic) bond motifs is 1. The number of halogens is 3. The van der Waals surface area contributed by atoms with Crippen molar-refractivity contribution in [2.24, 2.45) is 7.05 Å². The molecule has 0 saturated carbocycles. The number of hydrogen-bond acceptors (Lipinski definition) is 4. The fourth-order valence-electron chi connectivity index (χ4n) is 2.09. The van der Waals surface area contributed by atoms with Crippen LogP contribution in [0.4, 0.5) is 18.3 Å². The molecule has 1 amide bonds. The van der Waals surface area contributed by atoms with Gasteiger partial charge in [-0.3, -0.25) is 14.8 Å². The van der Waals surface area contributed by atoms with Gasteiger partial charge in [-0.05, 0) is 24.6 Å². The third-order valence-electron chi connectivity index (χ3n) is 3.17. The van der Waals surface area contributed by atoms with Crippen molar-refractivity contribution in [3.8, 4) is 0 Å². The van der Waals surface area contributed by atoms with Crippen molar-refractivity contribution in [2.45, 2.75) is 13.1 Å². The van der Waals surface area contributed by atoms with Gasteiger partial charge in [-0.25, -0.2) is 4.98 Å². The van der Waals surface area contributed by atoms with Crippen molar-refractivity contribution in [3.63, 3.8) is 0 Å². The molecule has 0 fully saturated rings. The van der Waals surface area contributed by atoms with Crippen LogP contribution in [0.25, 0.3) is 10.2 Å². The van der Waals surface area contributed by atoms with Crippen LogP contribution in [0, 0.1) is 6.92 Å². The standard InChI is InChI=1S/C14H11F3N4OS/c1-7-3-4-8-10(5-7)23-13(18-8)19-12(22)9-6-11(14(15,16)17)21(2)20-9/h3-6H,1-2H3,(H,18,19,22). The second-order valence-corrected chi connectivity index (χ2v) is 6.01. The lowest BCUT2D eigenvalue weighted by Gasteiger charge is -2.04. The number of benzene rings is 1. The molecular formula is C14H11F3N4OS. The fraction of sp³-hybridized carbons (Fsp3) is 0.214. The van der Waals surface area contributed by atoms with Gasteiger partial charge in [0.25, 0.3) is 5.91 Å². The third kappa shape index (κ3) is 3.04. The molecule has 1 N–H and O–H groups in total. The van der Waals surface area contributed by atoms with Gasteiger partial charge in [-0.1, -0.05) is 17.4 Å². The minimum Gasteiger partial charge on any atom is -0.296 e. The van der Waals surface area contributed by atoms with E-state index in [0.29, 0.717) is 21.4 Å². The van der Waals surface area contributed by atoms with E-state index in [2.05, 4.69) is 15.4 Å². The second-order valence-electron chi connectivity index (χ2n) is 4.98. The number of nitrogens with zero attached hydrogens (tertiary/aromatic N) is 3. The monoisotopic (exact) mass is 340 g/mol. The molecule has 0 radical (unpaired) electrons. The van der Waals surface area contributed by atoms with Crippen LogP contribution in [0.5, 0.6) is 0 Å². The van der Waals surface area contributed by atoms with Crippen molar-refractivity contribution in [2.75, 3.05) is 5.32 Å². The van der Waals surface area contributed by atoms with E-state index in [1.807, 2.05) is 25.1 Å². The lowest BCUT2D eigenvalue weighted by Crippen LogP contribution is -2.12. The number of aromatic nitrogens is 3. The van der Waals surface area contributed by atoms with Gasteiger partial charge in [-0.15, -0.1) is 0 Å². The molecule has 0 saturated heterocycles. The molecule has 2 aromatic heterocycles. The SMILES string of the molecule is Cc1ccc2nc(NC(=O)c3cc(C(F)(F)F)n(C)n3)sc2c1. The van der Waals surface area contributed by atoms with Crippen molar-refractivity contribution in [3.05, 3.63) is 41.2 Å². The molecule has 0 aliphatic rings. The first-order valence-corrected chi connectivity index (χ1v) is 7.35. The summed E-state index contributed by atoms with van der Waals surface area (Å²) in [5.74, 6) is -0.730. The van der Waals surface area contributed by atoms with E-state index in [4.69, 9.17) is 0 Å². The van der Waals surface area contributed by atoms with Gasteiger partial charge in [0.05, 0.1) is 10.2 Å². The number of thiazole rings is 1. The molecule has 1 aromatic carbocycles. The van der Waals surface area contributed by atoms with Crippen molar-refractivity contribution >= 4 is 32.6 Å². The average molecular weight is 340 g/mol. The Morgan fingerprint density at radius 3 is 2.70 bits per heavy atom. The van der Waals surface area contributed by atoms with E-state index in [9.17, 15) is 18.0 Å². The second kappa shape index (κ2) is 5.34. The zero-order valence-corrected chi connectivity index (χ0v) is 12.9. The Hall–Kier alpha value is -2.42. The number of aryl methyl sites for hydroxylation is 2. The summed E-state index contributed by atoms with van der Waals surface area (Å²) in [4.78, 5) is 16.3. The Morgan fingerprint density at radius 1 is 1.30 bits per heavy atom. The lowest BCUT2D eigenvalue weighted by molar-refractivity contribution is -0.143. The summed E-state index contributed by atoms with van der Waals surface area (Å²) >= 11 is 1.25. The first-order chi connectivity index (χ1) is 10.7. The molecule has 120 valence electrons. The Kier molecular flexibility index (Phi) is 3.59. The summed E-state index contributed by atoms with van der Waals surface area (Å²) in [7, 11) is 1.14. The Bertz CT molecular complexity index is 897. The highest BCUT2D eigenvalue weighted by Crippen LogP contribution is 2.30. The van der Waals surface area contributed by atoms with E-state index in [1.165, 1.54) is 11.3 Å². The molecular weight excluding hydrogens is 329 g/mol. The van der Waals surface area contributed by atoms with Crippen LogP contribution in [0.2, 0.25) is 0 Å². The van der Waals surface area contributed by atoms with E-state index < -0.39 is 17.8 Å². The smallest absolute Gasteiger partial charge is 0.296 e. The van der Waals surface area contributed by atoms with Crippen LogP contribution in [0.15, 0.2) is 24.3 Å². The summed E-state index contributed by atoms with van der Waals surface area (Å²) in [6.45, 7) is 1.93. The van der Waals surface area contributed by atoms with Gasteiger partial charge in [0.1, 0.15) is 5.69 Å². The highest BCUT2D eigenvalue weighted by atomic mass is 32.1. The van der Waals surface area contributed by atoms with Gasteiger partial charge in [0, 0.05) is 13.1 Å². The topological polar surface area (TPSA) is 59.8 Å². The number of rotatable bonds is 2. The predicted molar refractivity (Wildman–Crippen MR) is 80.5 cm³/mol. The first-order valence-electron chi connectivity index (χ1n) is 6.54. The van der Waals surface area contributed by atoms with Crippen LogP contribution in [-0.2, 0) is 13.2 Å². The number of anilines is 1. The zero-order chi connectivity index (χ0) is 16.8. The fourth-order valence-corrected chi connectivity index (χ4v) is 3.05. The molecule has 3 rings (SSSR count). The number of hydrogen-bond donors (Lipinski definition) is 1.